The maximum absolute atomic E-state index is 12.5. The number of sulfonamides is 1. The van der Waals surface area contributed by atoms with Crippen molar-refractivity contribution in [2.24, 2.45) is 0 Å². The van der Waals surface area contributed by atoms with Crippen molar-refractivity contribution in [3.63, 3.8) is 0 Å². The Morgan fingerprint density at radius 2 is 1.73 bits per heavy atom. The van der Waals surface area contributed by atoms with Gasteiger partial charge in [-0.15, -0.1) is 0 Å². The highest BCUT2D eigenvalue weighted by Crippen LogP contribution is 2.22. The number of carbonyl (C=O) groups excluding carboxylic acids is 2. The molecule has 1 N–H and O–H groups in total. The van der Waals surface area contributed by atoms with Crippen LogP contribution in [0.15, 0.2) is 40.8 Å². The molecule has 0 bridgehead atoms. The molecule has 142 valence electrons. The summed E-state index contributed by atoms with van der Waals surface area (Å²) in [7, 11) is -3.48. The first-order valence-electron chi connectivity index (χ1n) is 8.47. The molecule has 1 aromatic carbocycles. The molecule has 8 heteroatoms. The number of hydrogen-bond donors (Lipinski definition) is 1. The van der Waals surface area contributed by atoms with E-state index in [-0.39, 0.29) is 4.90 Å². The van der Waals surface area contributed by atoms with E-state index in [1.165, 1.54) is 41.6 Å². The van der Waals surface area contributed by atoms with Crippen LogP contribution in [0, 0.1) is 0 Å². The fourth-order valence-electron chi connectivity index (χ4n) is 2.53. The van der Waals surface area contributed by atoms with Gasteiger partial charge in [0.25, 0.3) is 5.91 Å². The van der Waals surface area contributed by atoms with Gasteiger partial charge in [-0.2, -0.15) is 4.31 Å². The third kappa shape index (κ3) is 5.15. The van der Waals surface area contributed by atoms with Crippen molar-refractivity contribution in [3.8, 4) is 0 Å². The van der Waals surface area contributed by atoms with Crippen molar-refractivity contribution >= 4 is 27.6 Å². The Labute approximate surface area is 154 Å². The molecular formula is C18H24N2O5S. The highest BCUT2D eigenvalue weighted by Gasteiger charge is 2.27. The molecule has 0 aromatic heterocycles. The summed E-state index contributed by atoms with van der Waals surface area (Å²) in [5.41, 5.74) is 1.21. The van der Waals surface area contributed by atoms with E-state index in [0.29, 0.717) is 18.8 Å². The molecule has 1 amide bonds. The number of benzene rings is 1. The second-order valence-electron chi connectivity index (χ2n) is 6.43. The minimum atomic E-state index is -3.48. The number of allylic oxidation sites excluding steroid dienone is 1. The summed E-state index contributed by atoms with van der Waals surface area (Å²) in [6.45, 7) is 6.05. The molecular weight excluding hydrogens is 356 g/mol. The highest BCUT2D eigenvalue weighted by molar-refractivity contribution is 7.89. The van der Waals surface area contributed by atoms with Crippen LogP contribution in [-0.4, -0.2) is 43.8 Å². The molecule has 1 aliphatic rings. The van der Waals surface area contributed by atoms with Crippen LogP contribution in [0.3, 0.4) is 0 Å². The number of rotatable bonds is 6. The zero-order valence-electron chi connectivity index (χ0n) is 15.2. The van der Waals surface area contributed by atoms with Crippen molar-refractivity contribution in [1.82, 2.24) is 4.31 Å². The maximum atomic E-state index is 12.5. The van der Waals surface area contributed by atoms with Crippen molar-refractivity contribution in [1.29, 1.82) is 0 Å². The second-order valence-corrected chi connectivity index (χ2v) is 8.36. The largest absolute Gasteiger partial charge is 0.449 e. The summed E-state index contributed by atoms with van der Waals surface area (Å²) in [5.74, 6) is -1.07. The van der Waals surface area contributed by atoms with Crippen molar-refractivity contribution in [2.45, 2.75) is 44.6 Å². The zero-order valence-corrected chi connectivity index (χ0v) is 16.0. The van der Waals surface area contributed by atoms with Crippen LogP contribution in [0.5, 0.6) is 0 Å². The number of hydrogen-bond acceptors (Lipinski definition) is 5. The number of anilines is 1. The van der Waals surface area contributed by atoms with E-state index in [9.17, 15) is 18.0 Å². The topological polar surface area (TPSA) is 92.8 Å². The molecule has 1 aliphatic heterocycles. The first-order valence-corrected chi connectivity index (χ1v) is 9.91. The molecule has 0 radical (unpaired) electrons. The SMILES string of the molecule is CC(C)=CC(=O)O[C@@H](C)C(=O)Nc1ccc(S(=O)(=O)N2CCCC2)cc1. The molecule has 1 aromatic rings. The normalized spacial score (nSPS) is 16.0. The Hall–Kier alpha value is -2.19. The van der Waals surface area contributed by atoms with Gasteiger partial charge >= 0.3 is 5.97 Å². The molecule has 0 unspecified atom stereocenters. The van der Waals surface area contributed by atoms with Gasteiger partial charge in [0, 0.05) is 24.9 Å². The number of nitrogens with one attached hydrogen (secondary N) is 1. The fourth-order valence-corrected chi connectivity index (χ4v) is 4.05. The van der Waals surface area contributed by atoms with Crippen LogP contribution in [0.4, 0.5) is 5.69 Å². The Balaban J connectivity index is 1.99. The van der Waals surface area contributed by atoms with Crippen LogP contribution < -0.4 is 5.32 Å². The summed E-state index contributed by atoms with van der Waals surface area (Å²) >= 11 is 0. The summed E-state index contributed by atoms with van der Waals surface area (Å²) in [5, 5.41) is 2.60. The molecule has 26 heavy (non-hydrogen) atoms. The average Bonchev–Trinajstić information content (AvgIpc) is 3.09. The molecule has 0 saturated carbocycles. The molecule has 1 heterocycles. The van der Waals surface area contributed by atoms with Gasteiger partial charge in [0.05, 0.1) is 4.90 Å². The van der Waals surface area contributed by atoms with Gasteiger partial charge in [0.15, 0.2) is 6.10 Å². The Bertz CT molecular complexity index is 789. The van der Waals surface area contributed by atoms with Crippen LogP contribution in [0.25, 0.3) is 0 Å². The van der Waals surface area contributed by atoms with Gasteiger partial charge in [-0.25, -0.2) is 13.2 Å². The predicted octanol–water partition coefficient (Wildman–Crippen LogP) is 2.31. The molecule has 7 nitrogen and oxygen atoms in total. The zero-order chi connectivity index (χ0) is 19.3. The predicted molar refractivity (Wildman–Crippen MR) is 98.0 cm³/mol. The number of ether oxygens (including phenoxy) is 1. The van der Waals surface area contributed by atoms with Gasteiger partial charge in [-0.3, -0.25) is 4.79 Å². The van der Waals surface area contributed by atoms with Crippen LogP contribution in [0.1, 0.15) is 33.6 Å². The van der Waals surface area contributed by atoms with E-state index in [0.717, 1.165) is 18.4 Å². The quantitative estimate of drug-likeness (QED) is 0.604. The summed E-state index contributed by atoms with van der Waals surface area (Å²) in [4.78, 5) is 23.8. The van der Waals surface area contributed by atoms with Crippen molar-refractivity contribution < 1.29 is 22.7 Å². The lowest BCUT2D eigenvalue weighted by molar-refractivity contribution is -0.148. The van der Waals surface area contributed by atoms with E-state index in [4.69, 9.17) is 4.74 Å². The lowest BCUT2D eigenvalue weighted by Crippen LogP contribution is -2.29. The molecule has 2 rings (SSSR count). The molecule has 1 atom stereocenters. The first kappa shape index (κ1) is 20.1. The highest BCUT2D eigenvalue weighted by atomic mass is 32.2. The molecule has 1 fully saturated rings. The van der Waals surface area contributed by atoms with Crippen LogP contribution in [0.2, 0.25) is 0 Å². The Morgan fingerprint density at radius 1 is 1.15 bits per heavy atom. The summed E-state index contributed by atoms with van der Waals surface area (Å²) in [6.07, 6.45) is 2.08. The van der Waals surface area contributed by atoms with Gasteiger partial charge in [-0.05, 0) is 57.9 Å². The summed E-state index contributed by atoms with van der Waals surface area (Å²) in [6, 6.07) is 5.96. The van der Waals surface area contributed by atoms with Gasteiger partial charge in [0.2, 0.25) is 10.0 Å². The second kappa shape index (κ2) is 8.46. The van der Waals surface area contributed by atoms with Crippen LogP contribution >= 0.6 is 0 Å². The number of esters is 1. The monoisotopic (exact) mass is 380 g/mol. The average molecular weight is 380 g/mol. The van der Waals surface area contributed by atoms with E-state index in [1.54, 1.807) is 13.8 Å². The van der Waals surface area contributed by atoms with Crippen molar-refractivity contribution in [2.75, 3.05) is 18.4 Å². The van der Waals surface area contributed by atoms with E-state index < -0.39 is 28.0 Å². The van der Waals surface area contributed by atoms with E-state index in [1.807, 2.05) is 0 Å². The Kier molecular flexibility index (Phi) is 6.55. The third-order valence-corrected chi connectivity index (χ3v) is 5.81. The fraction of sp³-hybridized carbons (Fsp3) is 0.444. The molecule has 0 spiro atoms. The summed E-state index contributed by atoms with van der Waals surface area (Å²) < 4.78 is 31.4. The number of amides is 1. The number of nitrogens with zero attached hydrogens (tertiary/aromatic N) is 1. The van der Waals surface area contributed by atoms with Gasteiger partial charge < -0.3 is 10.1 Å². The lowest BCUT2D eigenvalue weighted by Gasteiger charge is -2.16. The smallest absolute Gasteiger partial charge is 0.331 e. The standard InChI is InChI=1S/C18H24N2O5S/c1-13(2)12-17(21)25-14(3)18(22)19-15-6-8-16(9-7-15)26(23,24)20-10-4-5-11-20/h6-9,12,14H,4-5,10-11H2,1-3H3,(H,19,22)/t14-/m0/s1. The van der Waals surface area contributed by atoms with Crippen LogP contribution in [-0.2, 0) is 24.3 Å². The minimum absolute atomic E-state index is 0.195. The minimum Gasteiger partial charge on any atom is -0.449 e. The van der Waals surface area contributed by atoms with E-state index >= 15 is 0 Å². The maximum Gasteiger partial charge on any atom is 0.331 e. The first-order chi connectivity index (χ1) is 12.2. The van der Waals surface area contributed by atoms with Crippen molar-refractivity contribution in [3.05, 3.63) is 35.9 Å². The third-order valence-electron chi connectivity index (χ3n) is 3.89. The Morgan fingerprint density at radius 3 is 2.27 bits per heavy atom. The molecule has 0 aliphatic carbocycles. The van der Waals surface area contributed by atoms with E-state index in [2.05, 4.69) is 5.32 Å². The lowest BCUT2D eigenvalue weighted by atomic mass is 10.3. The molecule has 1 saturated heterocycles. The van der Waals surface area contributed by atoms with Gasteiger partial charge in [0.1, 0.15) is 0 Å². The van der Waals surface area contributed by atoms with Gasteiger partial charge in [-0.1, -0.05) is 5.57 Å². The number of carbonyl (C=O) groups is 2.